The molecule has 0 radical (unpaired) electrons. The Balaban J connectivity index is 1.71. The van der Waals surface area contributed by atoms with Gasteiger partial charge >= 0.3 is 0 Å². The molecule has 0 unspecified atom stereocenters. The summed E-state index contributed by atoms with van der Waals surface area (Å²) in [4.78, 5) is 6.53. The lowest BCUT2D eigenvalue weighted by Gasteiger charge is -2.42. The van der Waals surface area contributed by atoms with Crippen LogP contribution in [0.5, 0.6) is 5.75 Å². The Kier molecular flexibility index (Phi) is 9.58. The maximum atomic E-state index is 5.79. The zero-order valence-electron chi connectivity index (χ0n) is 18.1. The number of benzene rings is 1. The molecular formula is C22H38N4O2. The first-order valence-corrected chi connectivity index (χ1v) is 10.4. The molecule has 0 saturated heterocycles. The monoisotopic (exact) mass is 390 g/mol. The van der Waals surface area contributed by atoms with Gasteiger partial charge in [0.25, 0.3) is 0 Å². The van der Waals surface area contributed by atoms with Gasteiger partial charge in [-0.1, -0.05) is 18.6 Å². The Hall–Kier alpha value is -1.79. The Morgan fingerprint density at radius 1 is 1.14 bits per heavy atom. The van der Waals surface area contributed by atoms with Crippen molar-refractivity contribution in [3.05, 3.63) is 29.8 Å². The zero-order valence-corrected chi connectivity index (χ0v) is 18.1. The Morgan fingerprint density at radius 2 is 1.89 bits per heavy atom. The molecule has 158 valence electrons. The van der Waals surface area contributed by atoms with Crippen molar-refractivity contribution in [3.63, 3.8) is 0 Å². The number of guanidine groups is 1. The molecule has 1 saturated carbocycles. The molecule has 2 N–H and O–H groups in total. The molecule has 0 amide bonds. The second kappa shape index (κ2) is 11.9. The number of hydrogen-bond donors (Lipinski definition) is 2. The molecule has 1 aromatic rings. The van der Waals surface area contributed by atoms with Crippen LogP contribution >= 0.6 is 0 Å². The van der Waals surface area contributed by atoms with Crippen molar-refractivity contribution in [1.82, 2.24) is 15.5 Å². The predicted octanol–water partition coefficient (Wildman–Crippen LogP) is 2.89. The summed E-state index contributed by atoms with van der Waals surface area (Å²) in [6.45, 7) is 4.32. The maximum Gasteiger partial charge on any atom is 0.191 e. The molecule has 1 aromatic carbocycles. The lowest BCUT2D eigenvalue weighted by atomic mass is 9.67. The van der Waals surface area contributed by atoms with E-state index >= 15 is 0 Å². The minimum atomic E-state index is 0.374. The molecule has 1 aliphatic carbocycles. The predicted molar refractivity (Wildman–Crippen MR) is 116 cm³/mol. The summed E-state index contributed by atoms with van der Waals surface area (Å²) in [5, 5.41) is 6.91. The minimum absolute atomic E-state index is 0.374. The van der Waals surface area contributed by atoms with Gasteiger partial charge in [-0.25, -0.2) is 0 Å². The zero-order chi connectivity index (χ0) is 20.2. The summed E-state index contributed by atoms with van der Waals surface area (Å²) in [6, 6.07) is 8.29. The van der Waals surface area contributed by atoms with Crippen LogP contribution in [0.3, 0.4) is 0 Å². The standard InChI is InChI=1S/C22H38N4O2/c1-23-21(25-18-22(11-5-12-22)13-16-27-4)24-17-19-7-9-20(10-8-19)28-15-6-14-26(2)3/h7-10H,5-6,11-18H2,1-4H3,(H2,23,24,25). The molecule has 1 aliphatic rings. The van der Waals surface area contributed by atoms with Gasteiger partial charge in [0, 0.05) is 40.4 Å². The summed E-state index contributed by atoms with van der Waals surface area (Å²) in [7, 11) is 7.76. The van der Waals surface area contributed by atoms with Gasteiger partial charge in [0.15, 0.2) is 5.96 Å². The molecule has 2 rings (SSSR count). The van der Waals surface area contributed by atoms with Gasteiger partial charge in [-0.05, 0) is 62.9 Å². The highest BCUT2D eigenvalue weighted by Gasteiger charge is 2.36. The van der Waals surface area contributed by atoms with Crippen LogP contribution in [0.4, 0.5) is 0 Å². The van der Waals surface area contributed by atoms with Crippen LogP contribution < -0.4 is 15.4 Å². The fourth-order valence-corrected chi connectivity index (χ4v) is 3.46. The van der Waals surface area contributed by atoms with E-state index in [9.17, 15) is 0 Å². The van der Waals surface area contributed by atoms with Crippen LogP contribution in [0.25, 0.3) is 0 Å². The molecule has 0 heterocycles. The number of methoxy groups -OCH3 is 1. The Morgan fingerprint density at radius 3 is 2.46 bits per heavy atom. The molecule has 28 heavy (non-hydrogen) atoms. The third kappa shape index (κ3) is 7.68. The molecule has 0 spiro atoms. The molecule has 6 nitrogen and oxygen atoms in total. The Labute approximate surface area is 170 Å². The van der Waals surface area contributed by atoms with E-state index in [1.165, 1.54) is 24.8 Å². The van der Waals surface area contributed by atoms with Crippen LogP contribution in [0.1, 0.15) is 37.7 Å². The van der Waals surface area contributed by atoms with E-state index in [0.29, 0.717) is 5.41 Å². The average Bonchev–Trinajstić information content (AvgIpc) is 2.67. The van der Waals surface area contributed by atoms with Crippen molar-refractivity contribution in [2.45, 2.75) is 38.6 Å². The van der Waals surface area contributed by atoms with Gasteiger partial charge in [-0.15, -0.1) is 0 Å². The van der Waals surface area contributed by atoms with Crippen LogP contribution in [-0.4, -0.2) is 65.4 Å². The van der Waals surface area contributed by atoms with E-state index in [2.05, 4.69) is 46.8 Å². The first kappa shape index (κ1) is 22.5. The maximum absolute atomic E-state index is 5.79. The van der Waals surface area contributed by atoms with Crippen LogP contribution in [0, 0.1) is 5.41 Å². The van der Waals surface area contributed by atoms with Gasteiger partial charge in [0.05, 0.1) is 6.61 Å². The second-order valence-electron chi connectivity index (χ2n) is 8.02. The Bertz CT molecular complexity index is 583. The summed E-state index contributed by atoms with van der Waals surface area (Å²) >= 11 is 0. The topological polar surface area (TPSA) is 58.1 Å². The molecule has 1 fully saturated rings. The lowest BCUT2D eigenvalue weighted by molar-refractivity contribution is 0.0732. The van der Waals surface area contributed by atoms with Gasteiger partial charge in [-0.3, -0.25) is 4.99 Å². The highest BCUT2D eigenvalue weighted by Crippen LogP contribution is 2.43. The van der Waals surface area contributed by atoms with Gasteiger partial charge in [-0.2, -0.15) is 0 Å². The number of ether oxygens (including phenoxy) is 2. The summed E-state index contributed by atoms with van der Waals surface area (Å²) in [6.07, 6.45) is 6.02. The summed E-state index contributed by atoms with van der Waals surface area (Å²) < 4.78 is 11.1. The number of rotatable bonds is 12. The third-order valence-corrected chi connectivity index (χ3v) is 5.51. The van der Waals surface area contributed by atoms with Crippen molar-refractivity contribution in [1.29, 1.82) is 0 Å². The smallest absolute Gasteiger partial charge is 0.191 e. The van der Waals surface area contributed by atoms with Crippen LogP contribution in [0.2, 0.25) is 0 Å². The average molecular weight is 391 g/mol. The number of nitrogens with zero attached hydrogens (tertiary/aromatic N) is 2. The van der Waals surface area contributed by atoms with Crippen molar-refractivity contribution >= 4 is 5.96 Å². The third-order valence-electron chi connectivity index (χ3n) is 5.51. The summed E-state index contributed by atoms with van der Waals surface area (Å²) in [5.74, 6) is 1.78. The number of hydrogen-bond acceptors (Lipinski definition) is 4. The molecule has 6 heteroatoms. The molecule has 0 aromatic heterocycles. The molecule has 0 bridgehead atoms. The van der Waals surface area contributed by atoms with Crippen LogP contribution in [0.15, 0.2) is 29.3 Å². The first-order chi connectivity index (χ1) is 13.6. The summed E-state index contributed by atoms with van der Waals surface area (Å²) in [5.41, 5.74) is 1.58. The van der Waals surface area contributed by atoms with Gasteiger partial charge in [0.1, 0.15) is 5.75 Å². The highest BCUT2D eigenvalue weighted by molar-refractivity contribution is 5.79. The quantitative estimate of drug-likeness (QED) is 0.326. The van der Waals surface area contributed by atoms with Gasteiger partial charge in [0.2, 0.25) is 0 Å². The molecule has 0 atom stereocenters. The number of nitrogens with one attached hydrogen (secondary N) is 2. The normalized spacial score (nSPS) is 16.0. The number of aliphatic imine (C=N–C) groups is 1. The van der Waals surface area contributed by atoms with E-state index in [0.717, 1.165) is 57.4 Å². The first-order valence-electron chi connectivity index (χ1n) is 10.4. The van der Waals surface area contributed by atoms with Crippen molar-refractivity contribution in [2.24, 2.45) is 10.4 Å². The van der Waals surface area contributed by atoms with Crippen molar-refractivity contribution in [3.8, 4) is 5.75 Å². The molecular weight excluding hydrogens is 352 g/mol. The van der Waals surface area contributed by atoms with Crippen LogP contribution in [-0.2, 0) is 11.3 Å². The van der Waals surface area contributed by atoms with E-state index < -0.39 is 0 Å². The van der Waals surface area contributed by atoms with E-state index in [4.69, 9.17) is 9.47 Å². The van der Waals surface area contributed by atoms with Crippen molar-refractivity contribution < 1.29 is 9.47 Å². The SMILES string of the molecule is CN=C(NCc1ccc(OCCCN(C)C)cc1)NCC1(CCOC)CCC1. The van der Waals surface area contributed by atoms with E-state index in [1.54, 1.807) is 7.11 Å². The van der Waals surface area contributed by atoms with E-state index in [1.807, 2.05) is 19.2 Å². The highest BCUT2D eigenvalue weighted by atomic mass is 16.5. The minimum Gasteiger partial charge on any atom is -0.494 e. The lowest BCUT2D eigenvalue weighted by Crippen LogP contribution is -2.46. The van der Waals surface area contributed by atoms with E-state index in [-0.39, 0.29) is 0 Å². The molecule has 0 aliphatic heterocycles. The second-order valence-corrected chi connectivity index (χ2v) is 8.02. The fraction of sp³-hybridized carbons (Fsp3) is 0.682. The van der Waals surface area contributed by atoms with Gasteiger partial charge < -0.3 is 25.0 Å². The van der Waals surface area contributed by atoms with Crippen molar-refractivity contribution in [2.75, 3.05) is 54.6 Å². The fourth-order valence-electron chi connectivity index (χ4n) is 3.46. The largest absolute Gasteiger partial charge is 0.494 e.